The van der Waals surface area contributed by atoms with E-state index in [0.29, 0.717) is 0 Å². The summed E-state index contributed by atoms with van der Waals surface area (Å²) >= 11 is 3.43. The van der Waals surface area contributed by atoms with Gasteiger partial charge in [0.25, 0.3) is 0 Å². The van der Waals surface area contributed by atoms with Crippen molar-refractivity contribution in [2.45, 2.75) is 10.9 Å². The van der Waals surface area contributed by atoms with Gasteiger partial charge in [0, 0.05) is 23.7 Å². The Morgan fingerprint density at radius 1 is 1.00 bits per heavy atom. The summed E-state index contributed by atoms with van der Waals surface area (Å²) in [5, 5.41) is 4.24. The summed E-state index contributed by atoms with van der Waals surface area (Å²) in [5.74, 6) is 0.834. The fourth-order valence-electron chi connectivity index (χ4n) is 2.48. The first-order valence-corrected chi connectivity index (χ1v) is 9.22. The Bertz CT molecular complexity index is 941. The molecule has 23 heavy (non-hydrogen) atoms. The van der Waals surface area contributed by atoms with Gasteiger partial charge in [0.05, 0.1) is 16.7 Å². The van der Waals surface area contributed by atoms with E-state index < -0.39 is 0 Å². The van der Waals surface area contributed by atoms with Crippen LogP contribution in [0.15, 0.2) is 65.1 Å². The zero-order valence-corrected chi connectivity index (χ0v) is 14.3. The van der Waals surface area contributed by atoms with Crippen LogP contribution in [-0.2, 0) is 12.8 Å². The summed E-state index contributed by atoms with van der Waals surface area (Å²) in [6, 6.07) is 18.5. The molecule has 0 bridgehead atoms. The average molecular weight is 337 g/mol. The van der Waals surface area contributed by atoms with Crippen LogP contribution in [-0.4, -0.2) is 14.5 Å². The van der Waals surface area contributed by atoms with E-state index in [4.69, 9.17) is 9.97 Å². The monoisotopic (exact) mass is 337 g/mol. The van der Waals surface area contributed by atoms with Gasteiger partial charge >= 0.3 is 0 Å². The largest absolute Gasteiger partial charge is 0.322 e. The molecule has 0 aliphatic carbocycles. The Morgan fingerprint density at radius 2 is 1.78 bits per heavy atom. The minimum absolute atomic E-state index is 0.834. The fourth-order valence-corrected chi connectivity index (χ4v) is 4.29. The molecule has 4 rings (SSSR count). The molecule has 0 radical (unpaired) electrons. The summed E-state index contributed by atoms with van der Waals surface area (Å²) in [6.45, 7) is 0. The summed E-state index contributed by atoms with van der Waals surface area (Å²) in [5.41, 5.74) is 4.49. The number of nitrogens with zero attached hydrogens (tertiary/aromatic N) is 3. The number of aryl methyl sites for hydroxylation is 1. The Balaban J connectivity index is 1.53. The third kappa shape index (κ3) is 2.90. The van der Waals surface area contributed by atoms with Crippen LogP contribution in [0.4, 0.5) is 0 Å². The molecule has 2 aromatic carbocycles. The lowest BCUT2D eigenvalue weighted by Gasteiger charge is -2.00. The highest BCUT2D eigenvalue weighted by Crippen LogP contribution is 2.28. The number of thioether (sulfide) groups is 1. The Kier molecular flexibility index (Phi) is 3.89. The Labute approximate surface area is 143 Å². The number of imidazole rings is 1. The van der Waals surface area contributed by atoms with Gasteiger partial charge in [-0.25, -0.2) is 9.97 Å². The lowest BCUT2D eigenvalue weighted by molar-refractivity contribution is 0.814. The molecule has 0 aliphatic heterocycles. The van der Waals surface area contributed by atoms with E-state index in [9.17, 15) is 0 Å². The van der Waals surface area contributed by atoms with Gasteiger partial charge in [-0.15, -0.1) is 11.3 Å². The first-order valence-electron chi connectivity index (χ1n) is 7.35. The Hall–Kier alpha value is -2.11. The zero-order valence-electron chi connectivity index (χ0n) is 12.6. The number of hydrogen-bond donors (Lipinski definition) is 0. The summed E-state index contributed by atoms with van der Waals surface area (Å²) in [7, 11) is 2.06. The van der Waals surface area contributed by atoms with Gasteiger partial charge in [0.2, 0.25) is 0 Å². The minimum atomic E-state index is 0.834. The highest BCUT2D eigenvalue weighted by Gasteiger charge is 2.10. The van der Waals surface area contributed by atoms with Crippen LogP contribution in [0, 0.1) is 0 Å². The van der Waals surface area contributed by atoms with Gasteiger partial charge in [-0.05, 0) is 12.1 Å². The van der Waals surface area contributed by atoms with Crippen molar-refractivity contribution in [3.8, 4) is 10.6 Å². The molecular formula is C18H15N3S2. The second-order valence-electron chi connectivity index (χ2n) is 5.24. The van der Waals surface area contributed by atoms with Crippen molar-refractivity contribution in [3.05, 3.63) is 65.7 Å². The molecule has 5 heteroatoms. The predicted molar refractivity (Wildman–Crippen MR) is 97.8 cm³/mol. The number of rotatable bonds is 4. The van der Waals surface area contributed by atoms with Crippen molar-refractivity contribution in [2.75, 3.05) is 0 Å². The molecule has 2 aromatic heterocycles. The molecule has 0 saturated heterocycles. The number of para-hydroxylation sites is 2. The molecule has 0 fully saturated rings. The first kappa shape index (κ1) is 14.5. The number of thiazole rings is 1. The second kappa shape index (κ2) is 6.18. The molecule has 0 aliphatic rings. The molecule has 4 aromatic rings. The van der Waals surface area contributed by atoms with Crippen molar-refractivity contribution < 1.29 is 0 Å². The normalized spacial score (nSPS) is 11.2. The van der Waals surface area contributed by atoms with Crippen molar-refractivity contribution in [1.29, 1.82) is 0 Å². The minimum Gasteiger partial charge on any atom is -0.322 e. The van der Waals surface area contributed by atoms with Crippen LogP contribution >= 0.6 is 23.1 Å². The molecule has 0 N–H and O–H groups in total. The molecule has 3 nitrogen and oxygen atoms in total. The van der Waals surface area contributed by atoms with Crippen LogP contribution in [0.2, 0.25) is 0 Å². The van der Waals surface area contributed by atoms with Gasteiger partial charge in [-0.3, -0.25) is 0 Å². The van der Waals surface area contributed by atoms with Gasteiger partial charge < -0.3 is 4.57 Å². The molecule has 0 spiro atoms. The molecule has 0 unspecified atom stereocenters. The van der Waals surface area contributed by atoms with E-state index >= 15 is 0 Å². The van der Waals surface area contributed by atoms with Crippen LogP contribution in [0.5, 0.6) is 0 Å². The van der Waals surface area contributed by atoms with Crippen molar-refractivity contribution in [3.63, 3.8) is 0 Å². The summed E-state index contributed by atoms with van der Waals surface area (Å²) in [6.07, 6.45) is 0. The fraction of sp³-hybridized carbons (Fsp3) is 0.111. The van der Waals surface area contributed by atoms with Gasteiger partial charge in [-0.2, -0.15) is 0 Å². The third-order valence-electron chi connectivity index (χ3n) is 3.67. The van der Waals surface area contributed by atoms with Crippen molar-refractivity contribution in [1.82, 2.24) is 14.5 Å². The maximum atomic E-state index is 4.74. The summed E-state index contributed by atoms with van der Waals surface area (Å²) < 4.78 is 2.14. The lowest BCUT2D eigenvalue weighted by atomic mass is 10.2. The molecular weight excluding hydrogens is 322 g/mol. The number of hydrogen-bond acceptors (Lipinski definition) is 4. The topological polar surface area (TPSA) is 30.7 Å². The molecule has 0 atom stereocenters. The molecule has 2 heterocycles. The van der Waals surface area contributed by atoms with E-state index in [-0.39, 0.29) is 0 Å². The molecule has 0 amide bonds. The van der Waals surface area contributed by atoms with Crippen molar-refractivity contribution in [2.24, 2.45) is 7.05 Å². The smallest absolute Gasteiger partial charge is 0.169 e. The number of benzene rings is 2. The molecule has 0 saturated carbocycles. The van der Waals surface area contributed by atoms with Gasteiger partial charge in [0.15, 0.2) is 5.16 Å². The average Bonchev–Trinajstić information content (AvgIpc) is 3.19. The number of aromatic nitrogens is 3. The van der Waals surface area contributed by atoms with Crippen LogP contribution in [0.25, 0.3) is 21.6 Å². The van der Waals surface area contributed by atoms with E-state index in [0.717, 1.165) is 27.1 Å². The number of fused-ring (bicyclic) bond motifs is 1. The van der Waals surface area contributed by atoms with Crippen LogP contribution < -0.4 is 0 Å². The van der Waals surface area contributed by atoms with Crippen molar-refractivity contribution >= 4 is 34.1 Å². The highest BCUT2D eigenvalue weighted by atomic mass is 32.2. The van der Waals surface area contributed by atoms with Gasteiger partial charge in [0.1, 0.15) is 5.01 Å². The summed E-state index contributed by atoms with van der Waals surface area (Å²) in [4.78, 5) is 9.43. The lowest BCUT2D eigenvalue weighted by Crippen LogP contribution is -1.91. The standard InChI is InChI=1S/C18H15N3S2/c1-21-16-10-6-5-9-15(16)20-18(21)23-12-14-11-22-17(19-14)13-7-3-2-4-8-13/h2-11H,12H2,1H3. The predicted octanol–water partition coefficient (Wildman–Crippen LogP) is 4.99. The zero-order chi connectivity index (χ0) is 15.6. The maximum Gasteiger partial charge on any atom is 0.169 e. The van der Waals surface area contributed by atoms with Crippen LogP contribution in [0.3, 0.4) is 0 Å². The molecule has 114 valence electrons. The third-order valence-corrected chi connectivity index (χ3v) is 5.67. The SMILES string of the molecule is Cn1c(SCc2csc(-c3ccccc3)n2)nc2ccccc21. The van der Waals surface area contributed by atoms with E-state index in [1.165, 1.54) is 11.1 Å². The van der Waals surface area contributed by atoms with Gasteiger partial charge in [-0.1, -0.05) is 54.2 Å². The van der Waals surface area contributed by atoms with Crippen LogP contribution in [0.1, 0.15) is 5.69 Å². The maximum absolute atomic E-state index is 4.74. The second-order valence-corrected chi connectivity index (χ2v) is 7.04. The van der Waals surface area contributed by atoms with E-state index in [2.05, 4.69) is 41.3 Å². The Morgan fingerprint density at radius 3 is 2.61 bits per heavy atom. The van der Waals surface area contributed by atoms with E-state index in [1.807, 2.05) is 30.3 Å². The van der Waals surface area contributed by atoms with E-state index in [1.54, 1.807) is 23.1 Å². The highest BCUT2D eigenvalue weighted by molar-refractivity contribution is 7.98. The first-order chi connectivity index (χ1) is 11.3. The quantitative estimate of drug-likeness (QED) is 0.492.